The van der Waals surface area contributed by atoms with Crippen LogP contribution in [0.1, 0.15) is 18.0 Å². The van der Waals surface area contributed by atoms with Crippen LogP contribution in [-0.2, 0) is 0 Å². The van der Waals surface area contributed by atoms with Crippen molar-refractivity contribution in [1.29, 1.82) is 5.26 Å². The number of rotatable bonds is 4. The van der Waals surface area contributed by atoms with Crippen LogP contribution in [0.4, 0.5) is 10.1 Å². The Morgan fingerprint density at radius 2 is 2.05 bits per heavy atom. The van der Waals surface area contributed by atoms with E-state index in [1.807, 2.05) is 11.0 Å². The summed E-state index contributed by atoms with van der Waals surface area (Å²) >= 11 is 0. The number of nitro groups is 1. The van der Waals surface area contributed by atoms with Gasteiger partial charge in [-0.05, 0) is 6.07 Å². The number of piperazine rings is 1. The maximum atomic E-state index is 14.0. The molecule has 0 radical (unpaired) electrons. The number of non-ortho nitro benzene ring substituents is 1. The smallest absolute Gasteiger partial charge is 0.269 e. The molecule has 2 rings (SSSR count). The lowest BCUT2D eigenvalue weighted by atomic mass is 10.0. The van der Waals surface area contributed by atoms with Gasteiger partial charge in [-0.1, -0.05) is 0 Å². The van der Waals surface area contributed by atoms with Crippen molar-refractivity contribution in [2.24, 2.45) is 0 Å². The van der Waals surface area contributed by atoms with Gasteiger partial charge in [0.1, 0.15) is 5.82 Å². The van der Waals surface area contributed by atoms with Gasteiger partial charge in [0.25, 0.3) is 5.69 Å². The van der Waals surface area contributed by atoms with Gasteiger partial charge in [-0.25, -0.2) is 4.39 Å². The lowest BCUT2D eigenvalue weighted by Crippen LogP contribution is -2.45. The van der Waals surface area contributed by atoms with E-state index in [1.165, 1.54) is 6.07 Å². The number of halogens is 3. The van der Waals surface area contributed by atoms with E-state index < -0.39 is 16.8 Å². The number of nitro benzene ring substituents is 1. The van der Waals surface area contributed by atoms with Crippen molar-refractivity contribution >= 4 is 30.5 Å². The second-order valence-electron chi connectivity index (χ2n) is 4.63. The molecule has 22 heavy (non-hydrogen) atoms. The third kappa shape index (κ3) is 4.78. The van der Waals surface area contributed by atoms with Crippen molar-refractivity contribution < 1.29 is 9.31 Å². The second-order valence-corrected chi connectivity index (χ2v) is 4.63. The fourth-order valence-electron chi connectivity index (χ4n) is 2.42. The Hall–Kier alpha value is -1.46. The Morgan fingerprint density at radius 3 is 2.59 bits per heavy atom. The molecule has 1 aromatic carbocycles. The summed E-state index contributed by atoms with van der Waals surface area (Å²) in [5, 5.41) is 22.9. The minimum Gasteiger partial charge on any atom is -0.314 e. The van der Waals surface area contributed by atoms with Crippen molar-refractivity contribution in [3.63, 3.8) is 0 Å². The van der Waals surface area contributed by atoms with E-state index in [1.54, 1.807) is 0 Å². The van der Waals surface area contributed by atoms with E-state index >= 15 is 0 Å². The van der Waals surface area contributed by atoms with Gasteiger partial charge in [0.2, 0.25) is 0 Å². The van der Waals surface area contributed by atoms with Gasteiger partial charge in [0.05, 0.1) is 23.5 Å². The van der Waals surface area contributed by atoms with E-state index in [4.69, 9.17) is 5.26 Å². The largest absolute Gasteiger partial charge is 0.314 e. The monoisotopic (exact) mass is 350 g/mol. The lowest BCUT2D eigenvalue weighted by molar-refractivity contribution is -0.385. The first-order chi connectivity index (χ1) is 9.63. The number of hydrogen-bond acceptors (Lipinski definition) is 5. The summed E-state index contributed by atoms with van der Waals surface area (Å²) in [6.45, 7) is 2.90. The molecule has 0 saturated carbocycles. The third-order valence-corrected chi connectivity index (χ3v) is 3.43. The Labute approximate surface area is 140 Å². The zero-order valence-corrected chi connectivity index (χ0v) is 13.3. The molecular formula is C13H17Cl2FN4O2. The standard InChI is InChI=1S/C13H15FN4O2.2ClH/c14-12-2-1-10(18(19)20)9-11(12)13(3-4-15)17-7-5-16-6-8-17;;/h1-2,9,13,16H,3,5-8H2;2*1H/t13-;;/m0../s1. The van der Waals surface area contributed by atoms with Crippen molar-refractivity contribution in [1.82, 2.24) is 10.2 Å². The number of nitrogens with one attached hydrogen (secondary N) is 1. The number of nitrogens with zero attached hydrogens (tertiary/aromatic N) is 3. The van der Waals surface area contributed by atoms with Crippen LogP contribution in [-0.4, -0.2) is 36.0 Å². The first kappa shape index (κ1) is 20.5. The maximum Gasteiger partial charge on any atom is 0.269 e. The molecule has 0 unspecified atom stereocenters. The topological polar surface area (TPSA) is 82.2 Å². The maximum absolute atomic E-state index is 14.0. The first-order valence-electron chi connectivity index (χ1n) is 6.39. The normalized spacial score (nSPS) is 15.8. The molecule has 1 aliphatic heterocycles. The highest BCUT2D eigenvalue weighted by atomic mass is 35.5. The van der Waals surface area contributed by atoms with Gasteiger partial charge in [0, 0.05) is 43.9 Å². The van der Waals surface area contributed by atoms with E-state index in [0.29, 0.717) is 13.1 Å². The Kier molecular flexibility index (Phi) is 8.90. The van der Waals surface area contributed by atoms with Gasteiger partial charge in [-0.3, -0.25) is 15.0 Å². The molecule has 0 amide bonds. The van der Waals surface area contributed by atoms with Crippen LogP contribution in [0.3, 0.4) is 0 Å². The quantitative estimate of drug-likeness (QED) is 0.666. The fraction of sp³-hybridized carbons (Fsp3) is 0.462. The summed E-state index contributed by atoms with van der Waals surface area (Å²) in [6.07, 6.45) is 0.109. The van der Waals surface area contributed by atoms with E-state index in [0.717, 1.165) is 25.2 Å². The molecule has 1 saturated heterocycles. The van der Waals surface area contributed by atoms with Crippen molar-refractivity contribution in [2.75, 3.05) is 26.2 Å². The second kappa shape index (κ2) is 9.54. The molecule has 0 aliphatic carbocycles. The summed E-state index contributed by atoms with van der Waals surface area (Å²) < 4.78 is 14.0. The summed E-state index contributed by atoms with van der Waals surface area (Å²) in [5.74, 6) is -0.505. The zero-order valence-electron chi connectivity index (χ0n) is 11.7. The highest BCUT2D eigenvalue weighted by Gasteiger charge is 2.26. The molecule has 9 heteroatoms. The SMILES string of the molecule is Cl.Cl.N#CC[C@@H](c1cc([N+](=O)[O-])ccc1F)N1CCNCC1. The molecule has 1 aromatic rings. The molecular weight excluding hydrogens is 334 g/mol. The average molecular weight is 351 g/mol. The first-order valence-corrected chi connectivity index (χ1v) is 6.39. The Balaban J connectivity index is 0.00000220. The van der Waals surface area contributed by atoms with Crippen molar-refractivity contribution in [2.45, 2.75) is 12.5 Å². The molecule has 1 aliphatic rings. The number of hydrogen-bond donors (Lipinski definition) is 1. The van der Waals surface area contributed by atoms with Crippen molar-refractivity contribution in [3.05, 3.63) is 39.7 Å². The number of benzene rings is 1. The molecule has 1 atom stereocenters. The molecule has 6 nitrogen and oxygen atoms in total. The van der Waals surface area contributed by atoms with Gasteiger partial charge in [-0.2, -0.15) is 5.26 Å². The molecule has 0 aromatic heterocycles. The number of nitriles is 1. The zero-order chi connectivity index (χ0) is 14.5. The van der Waals surface area contributed by atoms with E-state index in [-0.39, 0.29) is 42.5 Å². The van der Waals surface area contributed by atoms with Crippen molar-refractivity contribution in [3.8, 4) is 6.07 Å². The average Bonchev–Trinajstić information content (AvgIpc) is 2.46. The predicted molar refractivity (Wildman–Crippen MR) is 85.0 cm³/mol. The highest BCUT2D eigenvalue weighted by molar-refractivity contribution is 5.85. The summed E-state index contributed by atoms with van der Waals surface area (Å²) in [4.78, 5) is 12.3. The van der Waals surface area contributed by atoms with Gasteiger partial charge < -0.3 is 5.32 Å². The van der Waals surface area contributed by atoms with Crippen LogP contribution < -0.4 is 5.32 Å². The molecule has 122 valence electrons. The summed E-state index contributed by atoms with van der Waals surface area (Å²) in [5.41, 5.74) is 0.0714. The van der Waals surface area contributed by atoms with Gasteiger partial charge in [0.15, 0.2) is 0 Å². The molecule has 1 N–H and O–H groups in total. The lowest BCUT2D eigenvalue weighted by Gasteiger charge is -2.34. The predicted octanol–water partition coefficient (Wildman–Crippen LogP) is 2.44. The molecule has 0 bridgehead atoms. The minimum atomic E-state index is -0.551. The van der Waals surface area contributed by atoms with E-state index in [9.17, 15) is 14.5 Å². The van der Waals surface area contributed by atoms with Crippen LogP contribution in [0.15, 0.2) is 18.2 Å². The summed E-state index contributed by atoms with van der Waals surface area (Å²) in [7, 11) is 0. The highest BCUT2D eigenvalue weighted by Crippen LogP contribution is 2.29. The van der Waals surface area contributed by atoms with Gasteiger partial charge in [-0.15, -0.1) is 24.8 Å². The van der Waals surface area contributed by atoms with Crippen LogP contribution in [0.2, 0.25) is 0 Å². The molecule has 0 spiro atoms. The van der Waals surface area contributed by atoms with Crippen LogP contribution in [0.5, 0.6) is 0 Å². The Bertz CT molecular complexity index is 547. The van der Waals surface area contributed by atoms with Crippen LogP contribution in [0.25, 0.3) is 0 Å². The summed E-state index contributed by atoms with van der Waals surface area (Å²) in [6, 6.07) is 5.07. The fourth-order valence-corrected chi connectivity index (χ4v) is 2.42. The van der Waals surface area contributed by atoms with Crippen LogP contribution >= 0.6 is 24.8 Å². The third-order valence-electron chi connectivity index (χ3n) is 3.43. The minimum absolute atomic E-state index is 0. The molecule has 1 heterocycles. The van der Waals surface area contributed by atoms with E-state index in [2.05, 4.69) is 5.32 Å². The molecule has 1 fully saturated rings. The Morgan fingerprint density at radius 1 is 1.41 bits per heavy atom. The van der Waals surface area contributed by atoms with Gasteiger partial charge >= 0.3 is 0 Å². The van der Waals surface area contributed by atoms with Crippen LogP contribution in [0, 0.1) is 27.3 Å².